The largest absolute Gasteiger partial charge is 0.495 e. The van der Waals surface area contributed by atoms with Gasteiger partial charge in [-0.15, -0.1) is 0 Å². The van der Waals surface area contributed by atoms with E-state index in [9.17, 15) is 9.59 Å². The van der Waals surface area contributed by atoms with Gasteiger partial charge in [0.25, 0.3) is 0 Å². The Kier molecular flexibility index (Phi) is 2.14. The second-order valence-electron chi connectivity index (χ2n) is 4.43. The molecule has 0 N–H and O–H groups in total. The molecule has 5 heteroatoms. The molecule has 2 fully saturated rings. The fourth-order valence-electron chi connectivity index (χ4n) is 2.41. The zero-order valence-electron chi connectivity index (χ0n) is 9.71. The monoisotopic (exact) mass is 242 g/mol. The second-order valence-corrected chi connectivity index (χ2v) is 4.43. The Morgan fingerprint density at radius 1 is 1.33 bits per heavy atom. The second kappa shape index (κ2) is 3.57. The van der Waals surface area contributed by atoms with Crippen molar-refractivity contribution in [1.29, 1.82) is 5.26 Å². The first-order valence-electron chi connectivity index (χ1n) is 5.64. The molecule has 1 saturated carbocycles. The van der Waals surface area contributed by atoms with E-state index in [4.69, 9.17) is 10.00 Å². The van der Waals surface area contributed by atoms with E-state index in [1.165, 1.54) is 7.11 Å². The van der Waals surface area contributed by atoms with Crippen molar-refractivity contribution in [1.82, 2.24) is 0 Å². The smallest absolute Gasteiger partial charge is 0.237 e. The molecule has 2 unspecified atom stereocenters. The third-order valence-electron chi connectivity index (χ3n) is 3.43. The van der Waals surface area contributed by atoms with E-state index in [2.05, 4.69) is 0 Å². The molecule has 0 spiro atoms. The summed E-state index contributed by atoms with van der Waals surface area (Å²) in [6.07, 6.45) is 0.644. The van der Waals surface area contributed by atoms with E-state index < -0.39 is 0 Å². The van der Waals surface area contributed by atoms with Gasteiger partial charge < -0.3 is 4.74 Å². The van der Waals surface area contributed by atoms with Crippen LogP contribution in [0, 0.1) is 23.2 Å². The molecule has 1 saturated heterocycles. The lowest BCUT2D eigenvalue weighted by Gasteiger charge is -2.20. The quantitative estimate of drug-likeness (QED) is 0.727. The standard InChI is InChI=1S/C13H10N2O3/c1-18-10-4-2-3-7(6-14)11(10)15-12(16)8-5-9(8)13(15)17/h2-4,8-9H,5H2,1H3. The number of carbonyl (C=O) groups is 2. The predicted octanol–water partition coefficient (Wildman–Crippen LogP) is 1.08. The highest BCUT2D eigenvalue weighted by Gasteiger charge is 2.60. The lowest BCUT2D eigenvalue weighted by atomic mass is 10.1. The van der Waals surface area contributed by atoms with Crippen LogP contribution in [0.15, 0.2) is 18.2 Å². The first-order valence-corrected chi connectivity index (χ1v) is 5.64. The normalized spacial score (nSPS) is 24.8. The first kappa shape index (κ1) is 10.8. The van der Waals surface area contributed by atoms with Crippen LogP contribution < -0.4 is 9.64 Å². The van der Waals surface area contributed by atoms with Crippen molar-refractivity contribution in [2.75, 3.05) is 12.0 Å². The minimum atomic E-state index is -0.217. The number of para-hydroxylation sites is 1. The number of carbonyl (C=O) groups excluding carboxylic acids is 2. The van der Waals surface area contributed by atoms with Crippen molar-refractivity contribution >= 4 is 17.5 Å². The molecule has 1 aromatic carbocycles. The number of benzene rings is 1. The summed E-state index contributed by atoms with van der Waals surface area (Å²) in [4.78, 5) is 25.2. The maximum Gasteiger partial charge on any atom is 0.237 e. The fraction of sp³-hybridized carbons (Fsp3) is 0.308. The summed E-state index contributed by atoms with van der Waals surface area (Å²) in [6.45, 7) is 0. The van der Waals surface area contributed by atoms with Gasteiger partial charge in [0, 0.05) is 0 Å². The minimum absolute atomic E-state index is 0.186. The van der Waals surface area contributed by atoms with Gasteiger partial charge in [-0.2, -0.15) is 5.26 Å². The summed E-state index contributed by atoms with van der Waals surface area (Å²) in [5.74, 6) is -0.433. The van der Waals surface area contributed by atoms with Crippen LogP contribution in [0.2, 0.25) is 0 Å². The number of ether oxygens (including phenoxy) is 1. The van der Waals surface area contributed by atoms with Gasteiger partial charge in [0.1, 0.15) is 17.5 Å². The Balaban J connectivity index is 2.15. The van der Waals surface area contributed by atoms with Gasteiger partial charge in [-0.1, -0.05) is 6.07 Å². The van der Waals surface area contributed by atoms with Crippen molar-refractivity contribution in [2.45, 2.75) is 6.42 Å². The van der Waals surface area contributed by atoms with Crippen LogP contribution in [-0.4, -0.2) is 18.9 Å². The number of rotatable bonds is 2. The lowest BCUT2D eigenvalue weighted by Crippen LogP contribution is -2.33. The maximum atomic E-state index is 12.0. The first-order chi connectivity index (χ1) is 8.69. The van der Waals surface area contributed by atoms with E-state index >= 15 is 0 Å². The Labute approximate surface area is 104 Å². The zero-order chi connectivity index (χ0) is 12.9. The van der Waals surface area contributed by atoms with Crippen molar-refractivity contribution in [3.8, 4) is 11.8 Å². The number of hydrogen-bond acceptors (Lipinski definition) is 4. The van der Waals surface area contributed by atoms with Crippen molar-refractivity contribution in [3.63, 3.8) is 0 Å². The van der Waals surface area contributed by atoms with E-state index in [1.807, 2.05) is 6.07 Å². The SMILES string of the molecule is COc1cccc(C#N)c1N1C(=O)C2CC2C1=O. The van der Waals surface area contributed by atoms with Crippen LogP contribution in [0.1, 0.15) is 12.0 Å². The molecule has 3 rings (SSSR count). The van der Waals surface area contributed by atoms with Gasteiger partial charge in [0.05, 0.1) is 24.5 Å². The van der Waals surface area contributed by atoms with Gasteiger partial charge in [0.2, 0.25) is 11.8 Å². The number of piperidine rings is 1. The number of nitriles is 1. The third-order valence-corrected chi connectivity index (χ3v) is 3.43. The van der Waals surface area contributed by atoms with Gasteiger partial charge in [-0.3, -0.25) is 9.59 Å². The number of anilines is 1. The van der Waals surface area contributed by atoms with E-state index in [0.717, 1.165) is 4.90 Å². The molecule has 2 aliphatic rings. The molecule has 2 amide bonds. The molecule has 90 valence electrons. The van der Waals surface area contributed by atoms with Gasteiger partial charge in [-0.25, -0.2) is 4.90 Å². The number of hydrogen-bond donors (Lipinski definition) is 0. The lowest BCUT2D eigenvalue weighted by molar-refractivity contribution is -0.123. The molecule has 1 aromatic rings. The average molecular weight is 242 g/mol. The highest BCUT2D eigenvalue weighted by atomic mass is 16.5. The van der Waals surface area contributed by atoms with E-state index in [0.29, 0.717) is 12.2 Å². The molecule has 0 bridgehead atoms. The Morgan fingerprint density at radius 3 is 2.56 bits per heavy atom. The molecular formula is C13H10N2O3. The Hall–Kier alpha value is -2.35. The molecule has 1 aliphatic carbocycles. The van der Waals surface area contributed by atoms with E-state index in [1.54, 1.807) is 18.2 Å². The molecule has 2 atom stereocenters. The van der Waals surface area contributed by atoms with Gasteiger partial charge in [0.15, 0.2) is 0 Å². The summed E-state index contributed by atoms with van der Waals surface area (Å²) in [5, 5.41) is 9.09. The maximum absolute atomic E-state index is 12.0. The number of amides is 2. The number of fused-ring (bicyclic) bond motifs is 1. The van der Waals surface area contributed by atoms with E-state index in [-0.39, 0.29) is 34.9 Å². The van der Waals surface area contributed by atoms with Crippen LogP contribution in [0.4, 0.5) is 5.69 Å². The van der Waals surface area contributed by atoms with Crippen molar-refractivity contribution in [3.05, 3.63) is 23.8 Å². The topological polar surface area (TPSA) is 70.4 Å². The molecule has 18 heavy (non-hydrogen) atoms. The number of imide groups is 1. The van der Waals surface area contributed by atoms with Crippen LogP contribution in [0.5, 0.6) is 5.75 Å². The molecule has 0 radical (unpaired) electrons. The van der Waals surface area contributed by atoms with Crippen LogP contribution >= 0.6 is 0 Å². The molecule has 0 aromatic heterocycles. The van der Waals surface area contributed by atoms with Crippen LogP contribution in [-0.2, 0) is 9.59 Å². The molecule has 1 aliphatic heterocycles. The highest BCUT2D eigenvalue weighted by molar-refractivity contribution is 6.25. The molecular weight excluding hydrogens is 232 g/mol. The van der Waals surface area contributed by atoms with Gasteiger partial charge >= 0.3 is 0 Å². The summed E-state index contributed by atoms with van der Waals surface area (Å²) in [6, 6.07) is 6.86. The van der Waals surface area contributed by atoms with Crippen LogP contribution in [0.25, 0.3) is 0 Å². The van der Waals surface area contributed by atoms with Crippen LogP contribution in [0.3, 0.4) is 0 Å². The fourth-order valence-corrected chi connectivity index (χ4v) is 2.41. The highest BCUT2D eigenvalue weighted by Crippen LogP contribution is 2.50. The molecule has 5 nitrogen and oxygen atoms in total. The summed E-state index contributed by atoms with van der Waals surface area (Å²) < 4.78 is 5.15. The Bertz CT molecular complexity index is 583. The average Bonchev–Trinajstić information content (AvgIpc) is 3.14. The third kappa shape index (κ3) is 1.26. The van der Waals surface area contributed by atoms with Crippen molar-refractivity contribution < 1.29 is 14.3 Å². The predicted molar refractivity (Wildman–Crippen MR) is 61.8 cm³/mol. The zero-order valence-corrected chi connectivity index (χ0v) is 9.71. The molecule has 1 heterocycles. The summed E-state index contributed by atoms with van der Waals surface area (Å²) in [7, 11) is 1.45. The minimum Gasteiger partial charge on any atom is -0.495 e. The van der Waals surface area contributed by atoms with Crippen molar-refractivity contribution in [2.24, 2.45) is 11.8 Å². The van der Waals surface area contributed by atoms with Gasteiger partial charge in [-0.05, 0) is 18.6 Å². The Morgan fingerprint density at radius 2 is 2.00 bits per heavy atom. The summed E-state index contributed by atoms with van der Waals surface area (Å²) in [5.41, 5.74) is 0.557. The number of nitrogens with zero attached hydrogens (tertiary/aromatic N) is 2. The number of methoxy groups -OCH3 is 1. The summed E-state index contributed by atoms with van der Waals surface area (Å²) >= 11 is 0.